The van der Waals surface area contributed by atoms with Crippen molar-refractivity contribution in [2.24, 2.45) is 5.73 Å². The molecule has 1 aromatic rings. The molecule has 1 aliphatic rings. The van der Waals surface area contributed by atoms with E-state index in [2.05, 4.69) is 0 Å². The summed E-state index contributed by atoms with van der Waals surface area (Å²) in [4.78, 5) is 0. The molecule has 1 saturated heterocycles. The van der Waals surface area contributed by atoms with Gasteiger partial charge >= 0.3 is 0 Å². The van der Waals surface area contributed by atoms with E-state index in [4.69, 9.17) is 10.2 Å². The van der Waals surface area contributed by atoms with E-state index < -0.39 is 20.0 Å². The summed E-state index contributed by atoms with van der Waals surface area (Å²) in [7, 11) is -7.02. The van der Waals surface area contributed by atoms with E-state index >= 15 is 0 Å². The lowest BCUT2D eigenvalue weighted by Crippen LogP contribution is -2.50. The molecule has 0 aromatic carbocycles. The minimum absolute atomic E-state index is 0.105. The van der Waals surface area contributed by atoms with E-state index in [1.54, 1.807) is 0 Å². The van der Waals surface area contributed by atoms with E-state index in [0.717, 1.165) is 6.26 Å². The Balaban J connectivity index is 2.13. The largest absolute Gasteiger partial charge is 0.447 e. The van der Waals surface area contributed by atoms with Crippen LogP contribution in [0.15, 0.2) is 21.6 Å². The van der Waals surface area contributed by atoms with Crippen LogP contribution in [0.1, 0.15) is 5.76 Å². The zero-order valence-electron chi connectivity index (χ0n) is 11.0. The Kier molecular flexibility index (Phi) is 4.21. The minimum Gasteiger partial charge on any atom is -0.447 e. The molecule has 2 heterocycles. The van der Waals surface area contributed by atoms with E-state index in [0.29, 0.717) is 5.76 Å². The molecule has 2 rings (SSSR count). The van der Waals surface area contributed by atoms with Gasteiger partial charge in [0.25, 0.3) is 10.0 Å². The number of hydrogen-bond donors (Lipinski definition) is 1. The molecule has 0 atom stereocenters. The lowest BCUT2D eigenvalue weighted by molar-refractivity contribution is 0.268. The van der Waals surface area contributed by atoms with Crippen LogP contribution in [0.2, 0.25) is 0 Å². The predicted molar refractivity (Wildman–Crippen MR) is 71.8 cm³/mol. The van der Waals surface area contributed by atoms with Crippen LogP contribution in [0.25, 0.3) is 0 Å². The van der Waals surface area contributed by atoms with Gasteiger partial charge in [-0.15, -0.1) is 0 Å². The number of furan rings is 1. The van der Waals surface area contributed by atoms with Gasteiger partial charge in [0.1, 0.15) is 5.76 Å². The highest BCUT2D eigenvalue weighted by Crippen LogP contribution is 2.20. The molecule has 114 valence electrons. The van der Waals surface area contributed by atoms with E-state index in [-0.39, 0.29) is 37.8 Å². The van der Waals surface area contributed by atoms with Crippen LogP contribution >= 0.6 is 0 Å². The standard InChI is InChI=1S/C10H17N3O5S2/c1-19(14,15)12-4-6-13(7-5-12)20(16,17)10-3-2-9(8-11)18-10/h2-3H,4-8,11H2,1H3. The number of nitrogens with two attached hydrogens (primary N) is 1. The van der Waals surface area contributed by atoms with Crippen LogP contribution in [-0.4, -0.2) is 57.9 Å². The van der Waals surface area contributed by atoms with E-state index in [1.165, 1.54) is 20.7 Å². The fourth-order valence-electron chi connectivity index (χ4n) is 1.98. The van der Waals surface area contributed by atoms with Gasteiger partial charge in [-0.3, -0.25) is 0 Å². The van der Waals surface area contributed by atoms with Crippen LogP contribution in [0.4, 0.5) is 0 Å². The van der Waals surface area contributed by atoms with Crippen LogP contribution in [0.5, 0.6) is 0 Å². The van der Waals surface area contributed by atoms with Gasteiger partial charge in [-0.05, 0) is 12.1 Å². The number of hydrogen-bond acceptors (Lipinski definition) is 6. The molecule has 8 nitrogen and oxygen atoms in total. The van der Waals surface area contributed by atoms with Gasteiger partial charge in [0.2, 0.25) is 15.1 Å². The maximum atomic E-state index is 12.3. The molecule has 0 radical (unpaired) electrons. The fourth-order valence-corrected chi connectivity index (χ4v) is 4.15. The first-order valence-electron chi connectivity index (χ1n) is 5.99. The zero-order valence-corrected chi connectivity index (χ0v) is 12.7. The van der Waals surface area contributed by atoms with Gasteiger partial charge in [0.05, 0.1) is 12.8 Å². The van der Waals surface area contributed by atoms with E-state index in [9.17, 15) is 16.8 Å². The average molecular weight is 323 g/mol. The van der Waals surface area contributed by atoms with Gasteiger partial charge in [0, 0.05) is 26.2 Å². The summed E-state index contributed by atoms with van der Waals surface area (Å²) in [6.07, 6.45) is 1.11. The zero-order chi connectivity index (χ0) is 15.0. The van der Waals surface area contributed by atoms with Crippen molar-refractivity contribution in [3.05, 3.63) is 17.9 Å². The van der Waals surface area contributed by atoms with Crippen molar-refractivity contribution in [2.45, 2.75) is 11.6 Å². The van der Waals surface area contributed by atoms with Gasteiger partial charge < -0.3 is 10.2 Å². The lowest BCUT2D eigenvalue weighted by Gasteiger charge is -2.31. The predicted octanol–water partition coefficient (Wildman–Crippen LogP) is -0.996. The first-order chi connectivity index (χ1) is 9.25. The van der Waals surface area contributed by atoms with Gasteiger partial charge in [-0.25, -0.2) is 16.8 Å². The summed E-state index contributed by atoms with van der Waals surface area (Å²) in [5.74, 6) is 0.387. The fraction of sp³-hybridized carbons (Fsp3) is 0.600. The topological polar surface area (TPSA) is 114 Å². The van der Waals surface area contributed by atoms with Crippen LogP contribution in [0.3, 0.4) is 0 Å². The monoisotopic (exact) mass is 323 g/mol. The number of rotatable bonds is 4. The molecule has 0 aliphatic carbocycles. The third-order valence-electron chi connectivity index (χ3n) is 3.10. The first kappa shape index (κ1) is 15.4. The maximum absolute atomic E-state index is 12.3. The first-order valence-corrected chi connectivity index (χ1v) is 9.28. The summed E-state index contributed by atoms with van der Waals surface area (Å²) in [6.45, 7) is 0.616. The average Bonchev–Trinajstić information content (AvgIpc) is 2.87. The number of piperazine rings is 1. The third kappa shape index (κ3) is 3.04. The Morgan fingerprint density at radius 2 is 1.65 bits per heavy atom. The second-order valence-electron chi connectivity index (χ2n) is 4.49. The van der Waals surface area contributed by atoms with Gasteiger partial charge in [0.15, 0.2) is 0 Å². The Morgan fingerprint density at radius 1 is 1.10 bits per heavy atom. The van der Waals surface area contributed by atoms with Crippen molar-refractivity contribution in [3.8, 4) is 0 Å². The third-order valence-corrected chi connectivity index (χ3v) is 6.18. The molecule has 0 bridgehead atoms. The lowest BCUT2D eigenvalue weighted by atomic mass is 10.4. The maximum Gasteiger partial charge on any atom is 0.276 e. The molecule has 1 fully saturated rings. The van der Waals surface area contributed by atoms with Crippen LogP contribution in [0, 0.1) is 0 Å². The van der Waals surface area contributed by atoms with Gasteiger partial charge in [-0.1, -0.05) is 0 Å². The minimum atomic E-state index is -3.73. The molecular weight excluding hydrogens is 306 g/mol. The quantitative estimate of drug-likeness (QED) is 0.760. The SMILES string of the molecule is CS(=O)(=O)N1CCN(S(=O)(=O)c2ccc(CN)o2)CC1. The summed E-state index contributed by atoms with van der Waals surface area (Å²) >= 11 is 0. The highest BCUT2D eigenvalue weighted by Gasteiger charge is 2.33. The molecule has 20 heavy (non-hydrogen) atoms. The Bertz CT molecular complexity index is 672. The van der Waals surface area contributed by atoms with Crippen molar-refractivity contribution in [1.82, 2.24) is 8.61 Å². The normalized spacial score (nSPS) is 19.3. The van der Waals surface area contributed by atoms with Crippen molar-refractivity contribution < 1.29 is 21.3 Å². The molecular formula is C10H17N3O5S2. The molecule has 0 amide bonds. The molecule has 0 unspecified atom stereocenters. The Labute approximate surface area is 118 Å². The second-order valence-corrected chi connectivity index (χ2v) is 8.34. The summed E-state index contributed by atoms with van der Waals surface area (Å²) < 4.78 is 55.0. The smallest absolute Gasteiger partial charge is 0.276 e. The molecule has 1 aliphatic heterocycles. The van der Waals surface area contributed by atoms with Crippen LogP contribution in [-0.2, 0) is 26.6 Å². The second kappa shape index (κ2) is 5.45. The molecule has 2 N–H and O–H groups in total. The van der Waals surface area contributed by atoms with Crippen molar-refractivity contribution in [2.75, 3.05) is 32.4 Å². The summed E-state index contributed by atoms with van der Waals surface area (Å²) in [5.41, 5.74) is 5.38. The highest BCUT2D eigenvalue weighted by molar-refractivity contribution is 7.89. The Hall–Kier alpha value is -0.940. The summed E-state index contributed by atoms with van der Waals surface area (Å²) in [5, 5.41) is -0.161. The van der Waals surface area contributed by atoms with Crippen molar-refractivity contribution >= 4 is 20.0 Å². The van der Waals surface area contributed by atoms with Crippen molar-refractivity contribution in [1.29, 1.82) is 0 Å². The van der Waals surface area contributed by atoms with Crippen molar-refractivity contribution in [3.63, 3.8) is 0 Å². The molecule has 1 aromatic heterocycles. The number of sulfonamides is 2. The molecule has 10 heteroatoms. The van der Waals surface area contributed by atoms with Crippen LogP contribution < -0.4 is 5.73 Å². The van der Waals surface area contributed by atoms with E-state index in [1.807, 2.05) is 0 Å². The molecule has 0 spiro atoms. The van der Waals surface area contributed by atoms with Gasteiger partial charge in [-0.2, -0.15) is 8.61 Å². The Morgan fingerprint density at radius 3 is 2.10 bits per heavy atom. The molecule has 0 saturated carbocycles. The highest BCUT2D eigenvalue weighted by atomic mass is 32.2. The number of nitrogens with zero attached hydrogens (tertiary/aromatic N) is 2. The summed E-state index contributed by atoms with van der Waals surface area (Å²) in [6, 6.07) is 2.88.